The van der Waals surface area contributed by atoms with Gasteiger partial charge in [-0.2, -0.15) is 0 Å². The second kappa shape index (κ2) is 12.0. The monoisotopic (exact) mass is 556 g/mol. The van der Waals surface area contributed by atoms with E-state index in [9.17, 15) is 0 Å². The van der Waals surface area contributed by atoms with E-state index in [0.717, 1.165) is 24.9 Å². The van der Waals surface area contributed by atoms with Gasteiger partial charge in [0.25, 0.3) is 0 Å². The molecule has 2 nitrogen and oxygen atoms in total. The van der Waals surface area contributed by atoms with Crippen molar-refractivity contribution < 1.29 is 0 Å². The first kappa shape index (κ1) is 26.8. The smallest absolute Gasteiger partial charge is 0.0459 e. The Morgan fingerprint density at radius 2 is 1.47 bits per heavy atom. The lowest BCUT2D eigenvalue weighted by Crippen LogP contribution is -2.29. The first-order valence-electron chi connectivity index (χ1n) is 15.3. The maximum Gasteiger partial charge on any atom is 0.0459 e. The molecule has 0 fully saturated rings. The highest BCUT2D eigenvalue weighted by atomic mass is 15.2. The number of rotatable bonds is 7. The van der Waals surface area contributed by atoms with Crippen molar-refractivity contribution in [1.82, 2.24) is 0 Å². The summed E-state index contributed by atoms with van der Waals surface area (Å²) in [5, 5.41) is 6.07. The number of allylic oxidation sites excluding steroid dienone is 4. The predicted octanol–water partition coefficient (Wildman–Crippen LogP) is 8.93. The third kappa shape index (κ3) is 5.33. The average Bonchev–Trinajstić information content (AvgIpc) is 3.09. The molecule has 0 amide bonds. The lowest BCUT2D eigenvalue weighted by Gasteiger charge is -2.34. The fraction of sp³-hybridized carbons (Fsp3) is 0.122. The zero-order chi connectivity index (χ0) is 29.0. The Hall–Kier alpha value is -5.08. The summed E-state index contributed by atoms with van der Waals surface area (Å²) in [7, 11) is 1.99. The Morgan fingerprint density at radius 3 is 2.33 bits per heavy atom. The van der Waals surface area contributed by atoms with Crippen molar-refractivity contribution in [3.05, 3.63) is 173 Å². The van der Waals surface area contributed by atoms with Gasteiger partial charge in [0.1, 0.15) is 0 Å². The van der Waals surface area contributed by atoms with Crippen LogP contribution in [0.15, 0.2) is 151 Å². The van der Waals surface area contributed by atoms with Gasteiger partial charge in [0.15, 0.2) is 0 Å². The van der Waals surface area contributed by atoms with E-state index in [4.69, 9.17) is 0 Å². The Labute approximate surface area is 254 Å². The van der Waals surface area contributed by atoms with Crippen LogP contribution in [0, 0.1) is 0 Å². The highest BCUT2D eigenvalue weighted by molar-refractivity contribution is 5.79. The number of hydrogen-bond acceptors (Lipinski definition) is 2. The van der Waals surface area contributed by atoms with Crippen molar-refractivity contribution >= 4 is 28.7 Å². The van der Waals surface area contributed by atoms with Crippen molar-refractivity contribution in [2.75, 3.05) is 17.3 Å². The first-order chi connectivity index (χ1) is 21.3. The van der Waals surface area contributed by atoms with Crippen LogP contribution >= 0.6 is 0 Å². The van der Waals surface area contributed by atoms with Crippen LogP contribution in [0.25, 0.3) is 22.8 Å². The molecule has 210 valence electrons. The molecular weight excluding hydrogens is 520 g/mol. The Kier molecular flexibility index (Phi) is 7.50. The molecule has 43 heavy (non-hydrogen) atoms. The van der Waals surface area contributed by atoms with Crippen LogP contribution in [0.1, 0.15) is 36.3 Å². The maximum absolute atomic E-state index is 3.36. The van der Waals surface area contributed by atoms with Crippen molar-refractivity contribution in [2.24, 2.45) is 0 Å². The Balaban J connectivity index is 1.30. The van der Waals surface area contributed by atoms with E-state index in [1.54, 1.807) is 0 Å². The summed E-state index contributed by atoms with van der Waals surface area (Å²) in [4.78, 5) is 2.44. The first-order valence-corrected chi connectivity index (χ1v) is 15.3. The molecule has 5 aromatic rings. The maximum atomic E-state index is 3.36. The molecule has 0 saturated heterocycles. The summed E-state index contributed by atoms with van der Waals surface area (Å²) in [5.74, 6) is 0.224. The number of para-hydroxylation sites is 2. The molecule has 0 radical (unpaired) electrons. The predicted molar refractivity (Wildman–Crippen MR) is 183 cm³/mol. The van der Waals surface area contributed by atoms with Crippen LogP contribution in [0.3, 0.4) is 0 Å². The van der Waals surface area contributed by atoms with Gasteiger partial charge in [0, 0.05) is 41.3 Å². The molecule has 1 N–H and O–H groups in total. The average molecular weight is 557 g/mol. The Bertz CT molecular complexity index is 1930. The van der Waals surface area contributed by atoms with Gasteiger partial charge in [0.05, 0.1) is 0 Å². The SMILES string of the molecule is CNc1ccccc1-c1cccc(C2CC=CC=C2N(c2ccccc2)c2ccc(C3=c4ccccc4=CCC3)cc2)c1. The van der Waals surface area contributed by atoms with Crippen molar-refractivity contribution in [3.8, 4) is 11.1 Å². The normalized spacial score (nSPS) is 15.7. The summed E-state index contributed by atoms with van der Waals surface area (Å²) in [6, 6.07) is 46.4. The third-order valence-corrected chi connectivity index (χ3v) is 8.72. The molecule has 1 unspecified atom stereocenters. The molecule has 2 aliphatic carbocycles. The molecule has 0 aliphatic heterocycles. The van der Waals surface area contributed by atoms with Crippen LogP contribution in [0.4, 0.5) is 17.1 Å². The summed E-state index contributed by atoms with van der Waals surface area (Å²) < 4.78 is 0. The minimum atomic E-state index is 0.224. The van der Waals surface area contributed by atoms with E-state index in [2.05, 4.69) is 162 Å². The number of anilines is 3. The molecule has 0 saturated carbocycles. The molecule has 0 heterocycles. The molecule has 5 aromatic carbocycles. The van der Waals surface area contributed by atoms with Crippen LogP contribution in [0.2, 0.25) is 0 Å². The highest BCUT2D eigenvalue weighted by Crippen LogP contribution is 2.42. The molecule has 0 bridgehead atoms. The molecule has 1 atom stereocenters. The minimum absolute atomic E-state index is 0.224. The van der Waals surface area contributed by atoms with Crippen molar-refractivity contribution in [1.29, 1.82) is 0 Å². The minimum Gasteiger partial charge on any atom is -0.388 e. The van der Waals surface area contributed by atoms with Gasteiger partial charge in [-0.3, -0.25) is 0 Å². The molecule has 2 heteroatoms. The van der Waals surface area contributed by atoms with E-state index in [0.29, 0.717) is 0 Å². The Morgan fingerprint density at radius 1 is 0.698 bits per heavy atom. The summed E-state index contributed by atoms with van der Waals surface area (Å²) in [5.41, 5.74) is 11.3. The largest absolute Gasteiger partial charge is 0.388 e. The fourth-order valence-electron chi connectivity index (χ4n) is 6.62. The van der Waals surface area contributed by atoms with Gasteiger partial charge < -0.3 is 10.2 Å². The zero-order valence-corrected chi connectivity index (χ0v) is 24.6. The second-order valence-electron chi connectivity index (χ2n) is 11.3. The van der Waals surface area contributed by atoms with Crippen molar-refractivity contribution in [2.45, 2.75) is 25.2 Å². The van der Waals surface area contributed by atoms with Crippen LogP contribution < -0.4 is 20.7 Å². The lowest BCUT2D eigenvalue weighted by atomic mass is 9.86. The molecule has 0 spiro atoms. The summed E-state index contributed by atoms with van der Waals surface area (Å²) >= 11 is 0. The van der Waals surface area contributed by atoms with Gasteiger partial charge in [-0.1, -0.05) is 115 Å². The molecule has 2 aliphatic rings. The summed E-state index contributed by atoms with van der Waals surface area (Å²) in [6.45, 7) is 0. The van der Waals surface area contributed by atoms with E-state index >= 15 is 0 Å². The van der Waals surface area contributed by atoms with E-state index in [1.165, 1.54) is 55.3 Å². The topological polar surface area (TPSA) is 15.3 Å². The summed E-state index contributed by atoms with van der Waals surface area (Å²) in [6.07, 6.45) is 12.3. The second-order valence-corrected chi connectivity index (χ2v) is 11.3. The van der Waals surface area contributed by atoms with E-state index in [1.807, 2.05) is 7.05 Å². The number of hydrogen-bond donors (Lipinski definition) is 1. The van der Waals surface area contributed by atoms with Gasteiger partial charge >= 0.3 is 0 Å². The number of nitrogens with zero attached hydrogens (tertiary/aromatic N) is 1. The van der Waals surface area contributed by atoms with E-state index in [-0.39, 0.29) is 5.92 Å². The van der Waals surface area contributed by atoms with Gasteiger partial charge in [-0.05, 0) is 88.4 Å². The zero-order valence-electron chi connectivity index (χ0n) is 24.6. The van der Waals surface area contributed by atoms with Crippen LogP contribution in [0.5, 0.6) is 0 Å². The highest BCUT2D eigenvalue weighted by Gasteiger charge is 2.25. The standard InChI is InChI=1S/C41H36N2/c1-42-40-23-9-7-20-38(40)32-15-11-16-33(29-32)39-21-8-10-24-41(39)43(34-17-3-2-4-18-34)35-27-25-31(26-28-35)37-22-12-14-30-13-5-6-19-36(30)37/h2-11,13-20,23-29,39,42H,12,21-22H2,1H3. The molecule has 7 rings (SSSR count). The van der Waals surface area contributed by atoms with Gasteiger partial charge in [-0.25, -0.2) is 0 Å². The van der Waals surface area contributed by atoms with Gasteiger partial charge in [-0.15, -0.1) is 0 Å². The quantitative estimate of drug-likeness (QED) is 0.215. The number of benzene rings is 5. The van der Waals surface area contributed by atoms with Gasteiger partial charge in [0.2, 0.25) is 0 Å². The number of nitrogens with one attached hydrogen (secondary N) is 1. The fourth-order valence-corrected chi connectivity index (χ4v) is 6.62. The lowest BCUT2D eigenvalue weighted by molar-refractivity contribution is 0.774. The third-order valence-electron chi connectivity index (χ3n) is 8.72. The van der Waals surface area contributed by atoms with Crippen LogP contribution in [-0.2, 0) is 0 Å². The number of fused-ring (bicyclic) bond motifs is 1. The van der Waals surface area contributed by atoms with Crippen LogP contribution in [-0.4, -0.2) is 7.05 Å². The molecular formula is C41H36N2. The van der Waals surface area contributed by atoms with Crippen molar-refractivity contribution in [3.63, 3.8) is 0 Å². The molecule has 0 aromatic heterocycles. The van der Waals surface area contributed by atoms with E-state index < -0.39 is 0 Å².